The number of ether oxygens (including phenoxy) is 1. The van der Waals surface area contributed by atoms with E-state index >= 15 is 0 Å². The van der Waals surface area contributed by atoms with Crippen LogP contribution in [0.5, 0.6) is 5.75 Å². The number of aromatic nitrogens is 3. The molecule has 0 atom stereocenters. The zero-order chi connectivity index (χ0) is 20.1. The molecule has 0 spiro atoms. The second-order valence-corrected chi connectivity index (χ2v) is 7.48. The molecule has 4 rings (SSSR count). The van der Waals surface area contributed by atoms with E-state index in [1.165, 1.54) is 6.42 Å². The fourth-order valence-electron chi connectivity index (χ4n) is 3.48. The number of rotatable bonds is 6. The third-order valence-electron chi connectivity index (χ3n) is 5.03. The first kappa shape index (κ1) is 19.5. The van der Waals surface area contributed by atoms with Gasteiger partial charge >= 0.3 is 0 Å². The van der Waals surface area contributed by atoms with E-state index in [0.717, 1.165) is 48.6 Å². The zero-order valence-corrected chi connectivity index (χ0v) is 16.9. The minimum Gasteiger partial charge on any atom is -0.482 e. The fourth-order valence-corrected chi connectivity index (χ4v) is 3.71. The summed E-state index contributed by atoms with van der Waals surface area (Å²) in [6.07, 6.45) is 4.41. The van der Waals surface area contributed by atoms with Crippen LogP contribution < -0.4 is 10.1 Å². The Bertz CT molecular complexity index is 988. The highest BCUT2D eigenvalue weighted by Gasteiger charge is 2.15. The maximum absolute atomic E-state index is 12.2. The summed E-state index contributed by atoms with van der Waals surface area (Å²) in [5, 5.41) is 11.8. The summed E-state index contributed by atoms with van der Waals surface area (Å²) in [4.78, 5) is 12.2. The number of hydrogen-bond acceptors (Lipinski definition) is 4. The van der Waals surface area contributed by atoms with Crippen molar-refractivity contribution < 1.29 is 9.53 Å². The van der Waals surface area contributed by atoms with Crippen molar-refractivity contribution in [3.8, 4) is 16.9 Å². The molecule has 2 aromatic carbocycles. The maximum atomic E-state index is 12.2. The van der Waals surface area contributed by atoms with Gasteiger partial charge in [-0.15, -0.1) is 10.2 Å². The van der Waals surface area contributed by atoms with Crippen LogP contribution in [0.4, 0.5) is 0 Å². The molecule has 0 unspecified atom stereocenters. The van der Waals surface area contributed by atoms with E-state index in [1.54, 1.807) is 6.07 Å². The lowest BCUT2D eigenvalue weighted by Gasteiger charge is -2.11. The van der Waals surface area contributed by atoms with Gasteiger partial charge in [-0.25, -0.2) is 0 Å². The van der Waals surface area contributed by atoms with Gasteiger partial charge in [0, 0.05) is 13.0 Å². The highest BCUT2D eigenvalue weighted by Crippen LogP contribution is 2.30. The molecule has 1 amide bonds. The molecule has 0 saturated carbocycles. The molecule has 0 bridgehead atoms. The Hall–Kier alpha value is -2.86. The van der Waals surface area contributed by atoms with Gasteiger partial charge in [0.1, 0.15) is 11.6 Å². The van der Waals surface area contributed by atoms with E-state index in [9.17, 15) is 4.79 Å². The summed E-state index contributed by atoms with van der Waals surface area (Å²) < 4.78 is 7.72. The van der Waals surface area contributed by atoms with Crippen LogP contribution in [0, 0.1) is 0 Å². The summed E-state index contributed by atoms with van der Waals surface area (Å²) in [6, 6.07) is 15.5. The van der Waals surface area contributed by atoms with Crippen molar-refractivity contribution in [2.45, 2.75) is 38.8 Å². The molecule has 7 heteroatoms. The number of amides is 1. The summed E-state index contributed by atoms with van der Waals surface area (Å²) in [5.41, 5.74) is 2.08. The molecule has 0 saturated heterocycles. The maximum Gasteiger partial charge on any atom is 0.258 e. The second kappa shape index (κ2) is 9.09. The van der Waals surface area contributed by atoms with Crippen LogP contribution in [-0.4, -0.2) is 27.3 Å². The molecule has 1 N–H and O–H groups in total. The van der Waals surface area contributed by atoms with Crippen molar-refractivity contribution in [1.82, 2.24) is 20.1 Å². The molecule has 29 heavy (non-hydrogen) atoms. The van der Waals surface area contributed by atoms with Crippen molar-refractivity contribution >= 4 is 17.5 Å². The van der Waals surface area contributed by atoms with Gasteiger partial charge in [-0.2, -0.15) is 0 Å². The van der Waals surface area contributed by atoms with Gasteiger partial charge in [0.25, 0.3) is 5.91 Å². The molecule has 0 aliphatic carbocycles. The number of fused-ring (bicyclic) bond motifs is 1. The van der Waals surface area contributed by atoms with Crippen LogP contribution in [0.15, 0.2) is 48.5 Å². The summed E-state index contributed by atoms with van der Waals surface area (Å²) in [6.45, 7) is 1.15. The highest BCUT2D eigenvalue weighted by molar-refractivity contribution is 6.32. The van der Waals surface area contributed by atoms with Gasteiger partial charge in [0.15, 0.2) is 12.4 Å². The number of halogens is 1. The van der Waals surface area contributed by atoms with Crippen LogP contribution in [0.25, 0.3) is 11.1 Å². The van der Waals surface area contributed by atoms with Crippen molar-refractivity contribution in [2.75, 3.05) is 6.61 Å². The highest BCUT2D eigenvalue weighted by atomic mass is 35.5. The fraction of sp³-hybridized carbons (Fsp3) is 0.318. The van der Waals surface area contributed by atoms with Crippen LogP contribution in [0.3, 0.4) is 0 Å². The van der Waals surface area contributed by atoms with E-state index in [-0.39, 0.29) is 12.5 Å². The molecule has 2 heterocycles. The van der Waals surface area contributed by atoms with Gasteiger partial charge in [-0.05, 0) is 36.1 Å². The lowest BCUT2D eigenvalue weighted by atomic mass is 10.1. The van der Waals surface area contributed by atoms with Gasteiger partial charge in [-0.3, -0.25) is 4.79 Å². The van der Waals surface area contributed by atoms with Crippen molar-refractivity contribution in [2.24, 2.45) is 0 Å². The van der Waals surface area contributed by atoms with Crippen molar-refractivity contribution in [3.63, 3.8) is 0 Å². The molecular formula is C22H23ClN4O2. The van der Waals surface area contributed by atoms with E-state index in [1.807, 2.05) is 42.5 Å². The minimum atomic E-state index is -0.223. The Kier molecular flexibility index (Phi) is 6.10. The Morgan fingerprint density at radius 1 is 1.07 bits per heavy atom. The van der Waals surface area contributed by atoms with Crippen LogP contribution >= 0.6 is 11.6 Å². The average molecular weight is 411 g/mol. The predicted molar refractivity (Wildman–Crippen MR) is 112 cm³/mol. The monoisotopic (exact) mass is 410 g/mol. The minimum absolute atomic E-state index is 0.106. The first-order valence-corrected chi connectivity index (χ1v) is 10.2. The Balaban J connectivity index is 1.31. The van der Waals surface area contributed by atoms with Gasteiger partial charge in [0.2, 0.25) is 0 Å². The zero-order valence-electron chi connectivity index (χ0n) is 16.1. The first-order chi connectivity index (χ1) is 14.2. The third-order valence-corrected chi connectivity index (χ3v) is 5.32. The second-order valence-electron chi connectivity index (χ2n) is 7.07. The number of aryl methyl sites for hydroxylation is 1. The van der Waals surface area contributed by atoms with E-state index in [2.05, 4.69) is 20.1 Å². The summed E-state index contributed by atoms with van der Waals surface area (Å²) in [7, 11) is 0. The number of nitrogens with zero attached hydrogens (tertiary/aromatic N) is 3. The standard InChI is InChI=1S/C22H23ClN4O2/c23-18-13-17(16-7-3-1-4-8-16)10-11-19(18)29-15-22(28)24-14-21-26-25-20-9-5-2-6-12-27(20)21/h1,3-4,7-8,10-11,13H,2,5-6,9,12,14-15H2,(H,24,28). The van der Waals surface area contributed by atoms with Gasteiger partial charge in [0.05, 0.1) is 11.6 Å². The summed E-state index contributed by atoms with van der Waals surface area (Å²) in [5.74, 6) is 2.06. The first-order valence-electron chi connectivity index (χ1n) is 9.86. The lowest BCUT2D eigenvalue weighted by Crippen LogP contribution is -2.29. The average Bonchev–Trinajstić information content (AvgIpc) is 2.98. The molecule has 1 aliphatic rings. The normalized spacial score (nSPS) is 13.4. The molecule has 150 valence electrons. The van der Waals surface area contributed by atoms with Crippen LogP contribution in [0.1, 0.15) is 30.9 Å². The topological polar surface area (TPSA) is 69.0 Å². The number of nitrogens with one attached hydrogen (secondary N) is 1. The van der Waals surface area contributed by atoms with Gasteiger partial charge in [-0.1, -0.05) is 54.4 Å². The van der Waals surface area contributed by atoms with E-state index in [4.69, 9.17) is 16.3 Å². The van der Waals surface area contributed by atoms with Crippen LogP contribution in [0.2, 0.25) is 5.02 Å². The number of carbonyl (C=O) groups excluding carboxylic acids is 1. The molecule has 0 fully saturated rings. The molecular weight excluding hydrogens is 388 g/mol. The Morgan fingerprint density at radius 2 is 1.93 bits per heavy atom. The number of hydrogen-bond donors (Lipinski definition) is 1. The van der Waals surface area contributed by atoms with Gasteiger partial charge < -0.3 is 14.6 Å². The molecule has 3 aromatic rings. The number of benzene rings is 2. The van der Waals surface area contributed by atoms with Crippen LogP contribution in [-0.2, 0) is 24.3 Å². The predicted octanol–water partition coefficient (Wildman–Crippen LogP) is 4.02. The molecule has 1 aromatic heterocycles. The quantitative estimate of drug-likeness (QED) is 0.666. The summed E-state index contributed by atoms with van der Waals surface area (Å²) >= 11 is 6.34. The van der Waals surface area contributed by atoms with Crippen molar-refractivity contribution in [1.29, 1.82) is 0 Å². The molecule has 1 aliphatic heterocycles. The molecule has 0 radical (unpaired) electrons. The third kappa shape index (κ3) is 4.77. The van der Waals surface area contributed by atoms with E-state index < -0.39 is 0 Å². The largest absolute Gasteiger partial charge is 0.482 e. The number of carbonyl (C=O) groups is 1. The lowest BCUT2D eigenvalue weighted by molar-refractivity contribution is -0.123. The Labute approximate surface area is 174 Å². The smallest absolute Gasteiger partial charge is 0.258 e. The Morgan fingerprint density at radius 3 is 2.76 bits per heavy atom. The van der Waals surface area contributed by atoms with E-state index in [0.29, 0.717) is 17.3 Å². The SMILES string of the molecule is O=C(COc1ccc(-c2ccccc2)cc1Cl)NCc1nnc2n1CCCCC2. The molecule has 6 nitrogen and oxygen atoms in total. The van der Waals surface area contributed by atoms with Crippen molar-refractivity contribution in [3.05, 3.63) is 65.2 Å².